The Kier molecular flexibility index (Phi) is 6.22. The van der Waals surface area contributed by atoms with Gasteiger partial charge in [0.05, 0.1) is 39.0 Å². The Morgan fingerprint density at radius 2 is 1.55 bits per heavy atom. The van der Waals surface area contributed by atoms with E-state index in [2.05, 4.69) is 5.32 Å². The second kappa shape index (κ2) is 9.24. The normalized spacial score (nSPS) is 17.2. The Bertz CT molecular complexity index is 1180. The number of hydrogen-bond acceptors (Lipinski definition) is 5. The molecule has 0 radical (unpaired) electrons. The van der Waals surface area contributed by atoms with Crippen LogP contribution in [0.4, 0.5) is 5.69 Å². The molecule has 1 heterocycles. The average Bonchev–Trinajstić information content (AvgIpc) is 2.86. The first-order chi connectivity index (χ1) is 16.0. The number of anilines is 1. The lowest BCUT2D eigenvalue weighted by molar-refractivity contribution is -0.119. The summed E-state index contributed by atoms with van der Waals surface area (Å²) in [6.45, 7) is 0. The Labute approximate surface area is 192 Å². The molecule has 1 aliphatic heterocycles. The maximum atomic E-state index is 13.8. The minimum absolute atomic E-state index is 0.127. The quantitative estimate of drug-likeness (QED) is 0.612. The number of carbonyl (C=O) groups excluding carboxylic acids is 2. The van der Waals surface area contributed by atoms with Gasteiger partial charge in [-0.2, -0.15) is 0 Å². The van der Waals surface area contributed by atoms with Crippen LogP contribution in [-0.4, -0.2) is 45.1 Å². The maximum Gasteiger partial charge on any atom is 0.254 e. The van der Waals surface area contributed by atoms with Crippen LogP contribution in [0.5, 0.6) is 17.2 Å². The van der Waals surface area contributed by atoms with Crippen molar-refractivity contribution in [3.8, 4) is 17.2 Å². The van der Waals surface area contributed by atoms with E-state index in [-0.39, 0.29) is 11.8 Å². The van der Waals surface area contributed by atoms with Crippen molar-refractivity contribution in [2.24, 2.45) is 0 Å². The second-order valence-corrected chi connectivity index (χ2v) is 7.75. The topological polar surface area (TPSA) is 77.1 Å². The largest absolute Gasteiger partial charge is 0.497 e. The second-order valence-electron chi connectivity index (χ2n) is 7.75. The summed E-state index contributed by atoms with van der Waals surface area (Å²) in [6, 6.07) is 19.4. The fourth-order valence-electron chi connectivity index (χ4n) is 4.29. The Hall–Kier alpha value is -4.00. The number of nitrogens with zero attached hydrogens (tertiary/aromatic N) is 1. The highest BCUT2D eigenvalue weighted by atomic mass is 16.5. The molecule has 0 fully saturated rings. The first-order valence-electron chi connectivity index (χ1n) is 10.5. The average molecular weight is 447 g/mol. The molecule has 170 valence electrons. The van der Waals surface area contributed by atoms with Crippen LogP contribution in [0, 0.1) is 0 Å². The number of ether oxygens (including phenoxy) is 3. The van der Waals surface area contributed by atoms with Gasteiger partial charge in [0.2, 0.25) is 5.91 Å². The van der Waals surface area contributed by atoms with Gasteiger partial charge in [0.1, 0.15) is 17.2 Å². The van der Waals surface area contributed by atoms with Crippen molar-refractivity contribution >= 4 is 17.5 Å². The van der Waals surface area contributed by atoms with Crippen LogP contribution in [0.15, 0.2) is 66.7 Å². The molecule has 3 aromatic carbocycles. The molecule has 0 aliphatic carbocycles. The molecule has 1 N–H and O–H groups in total. The van der Waals surface area contributed by atoms with Gasteiger partial charge in [-0.05, 0) is 41.5 Å². The highest BCUT2D eigenvalue weighted by Gasteiger charge is 2.42. The van der Waals surface area contributed by atoms with Crippen molar-refractivity contribution in [1.29, 1.82) is 0 Å². The molecule has 0 aromatic heterocycles. The standard InChI is InChI=1S/C26H26N2O5/c1-28-24(16-9-11-17(31-2)12-10-16)23(19-7-5-6-8-20(19)26(28)30)25(29)27-21-14-13-18(32-3)15-22(21)33-4/h5-15,23-24H,1-4H3,(H,27,29)/t23-,24-/m0/s1. The number of likely N-dealkylation sites (N-methyl/N-ethyl adjacent to an activating group) is 1. The molecule has 0 unspecified atom stereocenters. The van der Waals surface area contributed by atoms with Crippen molar-refractivity contribution in [3.05, 3.63) is 83.4 Å². The Morgan fingerprint density at radius 3 is 2.21 bits per heavy atom. The number of rotatable bonds is 6. The van der Waals surface area contributed by atoms with E-state index in [1.165, 1.54) is 7.11 Å². The summed E-state index contributed by atoms with van der Waals surface area (Å²) in [5.41, 5.74) is 2.56. The van der Waals surface area contributed by atoms with Crippen LogP contribution < -0.4 is 19.5 Å². The smallest absolute Gasteiger partial charge is 0.254 e. The number of hydrogen-bond donors (Lipinski definition) is 1. The van der Waals surface area contributed by atoms with Gasteiger partial charge in [0.15, 0.2) is 0 Å². The molecular weight excluding hydrogens is 420 g/mol. The summed E-state index contributed by atoms with van der Waals surface area (Å²) in [5, 5.41) is 3.00. The van der Waals surface area contributed by atoms with Gasteiger partial charge in [-0.15, -0.1) is 0 Å². The zero-order valence-corrected chi connectivity index (χ0v) is 19.0. The molecule has 7 heteroatoms. The van der Waals surface area contributed by atoms with Crippen LogP contribution in [0.25, 0.3) is 0 Å². The molecule has 0 saturated carbocycles. The first-order valence-corrected chi connectivity index (χ1v) is 10.5. The van der Waals surface area contributed by atoms with E-state index in [1.807, 2.05) is 36.4 Å². The van der Waals surface area contributed by atoms with Gasteiger partial charge in [-0.25, -0.2) is 0 Å². The van der Waals surface area contributed by atoms with E-state index < -0.39 is 12.0 Å². The number of methoxy groups -OCH3 is 3. The van der Waals surface area contributed by atoms with E-state index in [4.69, 9.17) is 14.2 Å². The summed E-state index contributed by atoms with van der Waals surface area (Å²) in [5.74, 6) is 0.798. The summed E-state index contributed by atoms with van der Waals surface area (Å²) in [6.07, 6.45) is 0. The molecule has 0 spiro atoms. The van der Waals surface area contributed by atoms with Crippen LogP contribution >= 0.6 is 0 Å². The molecule has 0 saturated heterocycles. The van der Waals surface area contributed by atoms with E-state index in [0.29, 0.717) is 34.1 Å². The molecule has 2 amide bonds. The molecule has 4 rings (SSSR count). The van der Waals surface area contributed by atoms with E-state index in [9.17, 15) is 9.59 Å². The Balaban J connectivity index is 1.78. The van der Waals surface area contributed by atoms with E-state index in [0.717, 1.165) is 5.56 Å². The monoisotopic (exact) mass is 446 g/mol. The van der Waals surface area contributed by atoms with Gasteiger partial charge in [-0.1, -0.05) is 30.3 Å². The molecule has 2 atom stereocenters. The summed E-state index contributed by atoms with van der Waals surface area (Å²) in [7, 11) is 6.42. The van der Waals surface area contributed by atoms with Crippen LogP contribution in [-0.2, 0) is 4.79 Å². The van der Waals surface area contributed by atoms with Crippen LogP contribution in [0.2, 0.25) is 0 Å². The number of carbonyl (C=O) groups is 2. The molecule has 33 heavy (non-hydrogen) atoms. The summed E-state index contributed by atoms with van der Waals surface area (Å²) < 4.78 is 16.0. The van der Waals surface area contributed by atoms with Crippen molar-refractivity contribution < 1.29 is 23.8 Å². The van der Waals surface area contributed by atoms with Gasteiger partial charge in [-0.3, -0.25) is 9.59 Å². The third kappa shape index (κ3) is 4.09. The SMILES string of the molecule is COc1ccc([C@H]2[C@@H](C(=O)Nc3ccc(OC)cc3OC)c3ccccc3C(=O)N2C)cc1. The third-order valence-corrected chi connectivity index (χ3v) is 5.99. The molecular formula is C26H26N2O5. The number of nitrogens with one attached hydrogen (secondary N) is 1. The summed E-state index contributed by atoms with van der Waals surface area (Å²) >= 11 is 0. The van der Waals surface area contributed by atoms with Gasteiger partial charge >= 0.3 is 0 Å². The lowest BCUT2D eigenvalue weighted by Crippen LogP contribution is -2.44. The van der Waals surface area contributed by atoms with Crippen molar-refractivity contribution in [2.45, 2.75) is 12.0 Å². The Morgan fingerprint density at radius 1 is 0.879 bits per heavy atom. The molecule has 1 aliphatic rings. The minimum atomic E-state index is -0.635. The van der Waals surface area contributed by atoms with Gasteiger partial charge in [0, 0.05) is 18.7 Å². The van der Waals surface area contributed by atoms with E-state index in [1.54, 1.807) is 56.5 Å². The highest BCUT2D eigenvalue weighted by Crippen LogP contribution is 2.43. The maximum absolute atomic E-state index is 13.8. The fourth-order valence-corrected chi connectivity index (χ4v) is 4.29. The summed E-state index contributed by atoms with van der Waals surface area (Å²) in [4.78, 5) is 28.5. The van der Waals surface area contributed by atoms with Crippen molar-refractivity contribution in [3.63, 3.8) is 0 Å². The first kappa shape index (κ1) is 22.2. The predicted molar refractivity (Wildman–Crippen MR) is 125 cm³/mol. The number of fused-ring (bicyclic) bond motifs is 1. The lowest BCUT2D eigenvalue weighted by Gasteiger charge is -2.39. The van der Waals surface area contributed by atoms with Gasteiger partial charge in [0.25, 0.3) is 5.91 Å². The van der Waals surface area contributed by atoms with Crippen molar-refractivity contribution in [2.75, 3.05) is 33.7 Å². The molecule has 7 nitrogen and oxygen atoms in total. The fraction of sp³-hybridized carbons (Fsp3) is 0.231. The number of amides is 2. The predicted octanol–water partition coefficient (Wildman–Crippen LogP) is 4.26. The van der Waals surface area contributed by atoms with Gasteiger partial charge < -0.3 is 24.4 Å². The zero-order chi connectivity index (χ0) is 23.5. The van der Waals surface area contributed by atoms with Crippen LogP contribution in [0.1, 0.15) is 33.4 Å². The lowest BCUT2D eigenvalue weighted by atomic mass is 9.79. The van der Waals surface area contributed by atoms with Crippen molar-refractivity contribution in [1.82, 2.24) is 4.90 Å². The highest BCUT2D eigenvalue weighted by molar-refractivity contribution is 6.04. The minimum Gasteiger partial charge on any atom is -0.497 e. The molecule has 3 aromatic rings. The van der Waals surface area contributed by atoms with Crippen LogP contribution in [0.3, 0.4) is 0 Å². The zero-order valence-electron chi connectivity index (χ0n) is 19.0. The number of benzene rings is 3. The van der Waals surface area contributed by atoms with E-state index >= 15 is 0 Å². The molecule has 0 bridgehead atoms. The third-order valence-electron chi connectivity index (χ3n) is 5.99.